The molecule has 7 unspecified atom stereocenters. The van der Waals surface area contributed by atoms with Crippen LogP contribution in [0.25, 0.3) is 0 Å². The summed E-state index contributed by atoms with van der Waals surface area (Å²) in [7, 11) is 0. The first-order valence-electron chi connectivity index (χ1n) is 14.4. The molecule has 10 nitrogen and oxygen atoms in total. The quantitative estimate of drug-likeness (QED) is 0.233. The Morgan fingerprint density at radius 1 is 1.22 bits per heavy atom. The Balaban J connectivity index is 0.990. The number of likely N-dealkylation sites (tertiary alicyclic amines) is 1. The van der Waals surface area contributed by atoms with Crippen LogP contribution < -0.4 is 26.6 Å². The third-order valence-corrected chi connectivity index (χ3v) is 9.26. The van der Waals surface area contributed by atoms with E-state index in [4.69, 9.17) is 9.47 Å². The Bertz CT molecular complexity index is 706. The van der Waals surface area contributed by atoms with Gasteiger partial charge in [0.15, 0.2) is 0 Å². The molecule has 0 aromatic rings. The van der Waals surface area contributed by atoms with Crippen LogP contribution in [0.4, 0.5) is 0 Å². The summed E-state index contributed by atoms with van der Waals surface area (Å²) in [6.07, 6.45) is 8.07. The predicted molar refractivity (Wildman–Crippen MR) is 137 cm³/mol. The van der Waals surface area contributed by atoms with Gasteiger partial charge in [-0.25, -0.2) is 0 Å². The van der Waals surface area contributed by atoms with Gasteiger partial charge in [0, 0.05) is 45.3 Å². The number of nitrogens with one attached hydrogen (secondary N) is 5. The van der Waals surface area contributed by atoms with Crippen molar-refractivity contribution < 1.29 is 19.4 Å². The fourth-order valence-electron chi connectivity index (χ4n) is 6.83. The smallest absolute Gasteiger partial charge is 0.237 e. The zero-order valence-electron chi connectivity index (χ0n) is 21.9. The van der Waals surface area contributed by atoms with E-state index in [1.165, 1.54) is 25.7 Å². The van der Waals surface area contributed by atoms with Gasteiger partial charge in [-0.1, -0.05) is 13.3 Å². The second-order valence-electron chi connectivity index (χ2n) is 11.8. The van der Waals surface area contributed by atoms with Crippen LogP contribution in [-0.4, -0.2) is 105 Å². The number of piperidine rings is 1. The van der Waals surface area contributed by atoms with Crippen LogP contribution >= 0.6 is 0 Å². The fraction of sp³-hybridized carbons (Fsp3) is 0.962. The van der Waals surface area contributed by atoms with Gasteiger partial charge in [-0.3, -0.25) is 26.1 Å². The van der Waals surface area contributed by atoms with Crippen LogP contribution in [0.5, 0.6) is 0 Å². The minimum Gasteiger partial charge on any atom is -0.390 e. The van der Waals surface area contributed by atoms with E-state index in [1.807, 2.05) is 0 Å². The normalized spacial score (nSPS) is 38.8. The van der Waals surface area contributed by atoms with Gasteiger partial charge in [0.1, 0.15) is 0 Å². The minimum atomic E-state index is -0.548. The summed E-state index contributed by atoms with van der Waals surface area (Å²) in [6.45, 7) is 8.15. The highest BCUT2D eigenvalue weighted by atomic mass is 16.5. The van der Waals surface area contributed by atoms with Gasteiger partial charge in [0.2, 0.25) is 5.91 Å². The number of β-amino-alcohol motifs (C(OH)–C–C–N with tert-alkyl or cyclic N) is 1. The number of carbonyl (C=O) groups excluding carboxylic acids is 1. The van der Waals surface area contributed by atoms with Gasteiger partial charge in [-0.15, -0.1) is 0 Å². The molecule has 5 aliphatic rings. The van der Waals surface area contributed by atoms with E-state index >= 15 is 0 Å². The predicted octanol–water partition coefficient (Wildman–Crippen LogP) is -0.460. The molecule has 0 bridgehead atoms. The summed E-state index contributed by atoms with van der Waals surface area (Å²) in [5.74, 6) is 1.90. The maximum atomic E-state index is 12.7. The van der Waals surface area contributed by atoms with Crippen LogP contribution in [0.3, 0.4) is 0 Å². The third kappa shape index (κ3) is 6.96. The molecule has 2 saturated carbocycles. The van der Waals surface area contributed by atoms with Crippen molar-refractivity contribution in [2.75, 3.05) is 52.7 Å². The van der Waals surface area contributed by atoms with E-state index in [2.05, 4.69) is 38.4 Å². The Labute approximate surface area is 216 Å². The van der Waals surface area contributed by atoms with Crippen molar-refractivity contribution in [3.63, 3.8) is 0 Å². The molecule has 5 fully saturated rings. The Kier molecular flexibility index (Phi) is 9.51. The second-order valence-corrected chi connectivity index (χ2v) is 11.8. The molecule has 2 aliphatic carbocycles. The van der Waals surface area contributed by atoms with E-state index in [9.17, 15) is 9.90 Å². The van der Waals surface area contributed by atoms with Crippen molar-refractivity contribution in [3.8, 4) is 0 Å². The van der Waals surface area contributed by atoms with Crippen molar-refractivity contribution in [1.82, 2.24) is 31.5 Å². The number of hydrogen-bond donors (Lipinski definition) is 6. The first-order valence-corrected chi connectivity index (χ1v) is 14.4. The van der Waals surface area contributed by atoms with Gasteiger partial charge in [0.05, 0.1) is 43.9 Å². The summed E-state index contributed by atoms with van der Waals surface area (Å²) in [5.41, 5.74) is 0. The van der Waals surface area contributed by atoms with E-state index in [-0.39, 0.29) is 24.2 Å². The molecule has 0 spiro atoms. The molecular formula is C26H48N6O4. The summed E-state index contributed by atoms with van der Waals surface area (Å²) >= 11 is 0. The van der Waals surface area contributed by atoms with Crippen molar-refractivity contribution in [1.29, 1.82) is 0 Å². The van der Waals surface area contributed by atoms with Crippen molar-refractivity contribution in [2.24, 2.45) is 17.8 Å². The van der Waals surface area contributed by atoms with Crippen LogP contribution in [0.15, 0.2) is 0 Å². The number of aliphatic hydroxyl groups is 1. The second kappa shape index (κ2) is 12.8. The van der Waals surface area contributed by atoms with E-state index in [1.54, 1.807) is 0 Å². The highest BCUT2D eigenvalue weighted by Crippen LogP contribution is 2.41. The molecular weight excluding hydrogens is 460 g/mol. The number of rotatable bonds is 10. The van der Waals surface area contributed by atoms with Crippen LogP contribution in [0, 0.1) is 17.8 Å². The number of aliphatic hydroxyl groups excluding tert-OH is 1. The van der Waals surface area contributed by atoms with Crippen molar-refractivity contribution in [3.05, 3.63) is 0 Å². The fourth-order valence-corrected chi connectivity index (χ4v) is 6.83. The van der Waals surface area contributed by atoms with Gasteiger partial charge in [-0.2, -0.15) is 0 Å². The standard InChI is InChI=1S/C26H48N6O4/c1-17-22-7-8-32(12-18(22)5-6-24(17)35-14-21-11-27-16-36-21)13-20(33)10-28-26(34)23-9-25(30-15-29-23)31-19-3-2-4-19/h17-25,27,29-31,33H,2-16H2,1H3,(H,28,34)/t17?,18?,20-,21?,22?,23?,24?,25?/m0/s1. The first kappa shape index (κ1) is 26.7. The molecule has 3 heterocycles. The lowest BCUT2D eigenvalue weighted by molar-refractivity contribution is -0.124. The maximum absolute atomic E-state index is 12.7. The molecule has 6 N–H and O–H groups in total. The largest absolute Gasteiger partial charge is 0.390 e. The molecule has 5 rings (SSSR count). The molecule has 8 atom stereocenters. The number of nitrogens with zero attached hydrogens (tertiary/aromatic N) is 1. The zero-order chi connectivity index (χ0) is 24.9. The number of fused-ring (bicyclic) bond motifs is 1. The monoisotopic (exact) mass is 508 g/mol. The third-order valence-electron chi connectivity index (χ3n) is 9.26. The molecule has 0 aromatic carbocycles. The highest BCUT2D eigenvalue weighted by molar-refractivity contribution is 5.81. The molecule has 3 saturated heterocycles. The number of amides is 1. The zero-order valence-corrected chi connectivity index (χ0v) is 21.9. The van der Waals surface area contributed by atoms with Crippen molar-refractivity contribution in [2.45, 2.75) is 88.4 Å². The summed E-state index contributed by atoms with van der Waals surface area (Å²) in [5, 5.41) is 27.1. The number of ether oxygens (including phenoxy) is 2. The molecule has 1 amide bonds. The summed E-state index contributed by atoms with van der Waals surface area (Å²) < 4.78 is 11.9. The van der Waals surface area contributed by atoms with Gasteiger partial charge < -0.3 is 24.8 Å². The van der Waals surface area contributed by atoms with Crippen LogP contribution in [0.1, 0.15) is 51.9 Å². The lowest BCUT2D eigenvalue weighted by atomic mass is 9.68. The number of carbonyl (C=O) groups is 1. The minimum absolute atomic E-state index is 0.0133. The molecule has 10 heteroatoms. The molecule has 0 radical (unpaired) electrons. The van der Waals surface area contributed by atoms with Gasteiger partial charge >= 0.3 is 0 Å². The van der Waals surface area contributed by atoms with Gasteiger partial charge in [0.25, 0.3) is 0 Å². The lowest BCUT2D eigenvalue weighted by Gasteiger charge is -2.47. The van der Waals surface area contributed by atoms with Crippen LogP contribution in [-0.2, 0) is 14.3 Å². The SMILES string of the molecule is CC1C(OCC2CNCO2)CCC2CN(C[C@@H](O)CNC(=O)C3CC(NC4CCC4)NCN3)CCC21. The molecule has 0 aromatic heterocycles. The van der Waals surface area contributed by atoms with E-state index in [0.717, 1.165) is 38.9 Å². The van der Waals surface area contributed by atoms with E-state index in [0.29, 0.717) is 63.0 Å². The average Bonchev–Trinajstić information content (AvgIpc) is 3.38. The van der Waals surface area contributed by atoms with Gasteiger partial charge in [-0.05, 0) is 56.4 Å². The number of hydrogen-bond acceptors (Lipinski definition) is 9. The average molecular weight is 509 g/mol. The maximum Gasteiger partial charge on any atom is 0.237 e. The molecule has 3 aliphatic heterocycles. The van der Waals surface area contributed by atoms with E-state index < -0.39 is 6.10 Å². The van der Waals surface area contributed by atoms with Crippen molar-refractivity contribution >= 4 is 5.91 Å². The molecule has 36 heavy (non-hydrogen) atoms. The van der Waals surface area contributed by atoms with Crippen LogP contribution in [0.2, 0.25) is 0 Å². The molecule has 206 valence electrons. The first-order chi connectivity index (χ1) is 17.5. The lowest BCUT2D eigenvalue weighted by Crippen LogP contribution is -2.62. The Morgan fingerprint density at radius 3 is 2.89 bits per heavy atom. The highest BCUT2D eigenvalue weighted by Gasteiger charge is 2.41. The Hall–Kier alpha value is -0.850. The summed E-state index contributed by atoms with van der Waals surface area (Å²) in [4.78, 5) is 15.1. The summed E-state index contributed by atoms with van der Waals surface area (Å²) in [6, 6.07) is 0.368. The topological polar surface area (TPSA) is 119 Å². The Morgan fingerprint density at radius 2 is 2.11 bits per heavy atom.